The molecule has 1 aliphatic rings. The summed E-state index contributed by atoms with van der Waals surface area (Å²) in [6, 6.07) is 2.54. The molecule has 1 aliphatic heterocycles. The van der Waals surface area contributed by atoms with E-state index in [0.717, 1.165) is 44.5 Å². The lowest BCUT2D eigenvalue weighted by Crippen LogP contribution is -2.46. The molecular weight excluding hydrogens is 243 g/mol. The second-order valence-electron chi connectivity index (χ2n) is 4.32. The van der Waals surface area contributed by atoms with Gasteiger partial charge < -0.3 is 9.80 Å². The van der Waals surface area contributed by atoms with Crippen LogP contribution in [-0.4, -0.2) is 42.6 Å². The highest BCUT2D eigenvalue weighted by Crippen LogP contribution is 2.28. The molecule has 0 aromatic carbocycles. The highest BCUT2D eigenvalue weighted by Gasteiger charge is 2.32. The predicted molar refractivity (Wildman–Crippen MR) is 63.6 cm³/mol. The molecule has 0 atom stereocenters. The molecular formula is C12H16F3N3. The normalized spacial score (nSPS) is 18.1. The van der Waals surface area contributed by atoms with Crippen molar-refractivity contribution in [2.75, 3.05) is 37.6 Å². The number of aromatic nitrogens is 1. The molecule has 0 radical (unpaired) electrons. The molecule has 2 rings (SSSR count). The summed E-state index contributed by atoms with van der Waals surface area (Å²) in [6.45, 7) is 6.67. The van der Waals surface area contributed by atoms with Gasteiger partial charge in [-0.1, -0.05) is 6.92 Å². The Hall–Kier alpha value is -1.30. The third kappa shape index (κ3) is 2.93. The maximum atomic E-state index is 12.4. The first-order chi connectivity index (χ1) is 8.50. The van der Waals surface area contributed by atoms with Gasteiger partial charge in [-0.3, -0.25) is 0 Å². The average Bonchev–Trinajstić information content (AvgIpc) is 2.38. The zero-order chi connectivity index (χ0) is 13.2. The standard InChI is InChI=1S/C12H16F3N3/c1-2-17-5-7-18(8-6-17)10-3-4-11(16-9-10)12(13,14)15/h3-4,9H,2,5-8H2,1H3. The summed E-state index contributed by atoms with van der Waals surface area (Å²) in [7, 11) is 0. The first-order valence-electron chi connectivity index (χ1n) is 6.01. The van der Waals surface area contributed by atoms with Crippen molar-refractivity contribution in [2.45, 2.75) is 13.1 Å². The van der Waals surface area contributed by atoms with Crippen LogP contribution in [-0.2, 0) is 6.18 Å². The van der Waals surface area contributed by atoms with Crippen LogP contribution >= 0.6 is 0 Å². The molecule has 18 heavy (non-hydrogen) atoms. The number of nitrogens with zero attached hydrogens (tertiary/aromatic N) is 3. The fraction of sp³-hybridized carbons (Fsp3) is 0.583. The Morgan fingerprint density at radius 3 is 2.28 bits per heavy atom. The maximum Gasteiger partial charge on any atom is 0.433 e. The van der Waals surface area contributed by atoms with Crippen molar-refractivity contribution < 1.29 is 13.2 Å². The molecule has 0 bridgehead atoms. The van der Waals surface area contributed by atoms with Gasteiger partial charge in [-0.2, -0.15) is 13.2 Å². The predicted octanol–water partition coefficient (Wildman–Crippen LogP) is 2.24. The van der Waals surface area contributed by atoms with Gasteiger partial charge in [-0.25, -0.2) is 4.98 Å². The Labute approximate surface area is 104 Å². The van der Waals surface area contributed by atoms with Gasteiger partial charge in [0.1, 0.15) is 5.69 Å². The lowest BCUT2D eigenvalue weighted by atomic mass is 10.2. The molecule has 1 fully saturated rings. The van der Waals surface area contributed by atoms with Gasteiger partial charge in [-0.15, -0.1) is 0 Å². The van der Waals surface area contributed by atoms with Crippen molar-refractivity contribution in [1.29, 1.82) is 0 Å². The first kappa shape index (κ1) is 13.1. The van der Waals surface area contributed by atoms with Crippen LogP contribution in [0.4, 0.5) is 18.9 Å². The number of likely N-dealkylation sites (N-methyl/N-ethyl adjacent to an activating group) is 1. The van der Waals surface area contributed by atoms with Crippen molar-refractivity contribution in [2.24, 2.45) is 0 Å². The molecule has 0 aliphatic carbocycles. The lowest BCUT2D eigenvalue weighted by Gasteiger charge is -2.35. The third-order valence-corrected chi connectivity index (χ3v) is 3.22. The van der Waals surface area contributed by atoms with E-state index in [1.807, 2.05) is 0 Å². The van der Waals surface area contributed by atoms with Gasteiger partial charge in [0.2, 0.25) is 0 Å². The minimum Gasteiger partial charge on any atom is -0.368 e. The SMILES string of the molecule is CCN1CCN(c2ccc(C(F)(F)F)nc2)CC1. The van der Waals surface area contributed by atoms with Crippen molar-refractivity contribution in [3.05, 3.63) is 24.0 Å². The summed E-state index contributed by atoms with van der Waals surface area (Å²) >= 11 is 0. The molecule has 0 spiro atoms. The van der Waals surface area contributed by atoms with Crippen LogP contribution in [0.3, 0.4) is 0 Å². The van der Waals surface area contributed by atoms with E-state index in [1.165, 1.54) is 12.3 Å². The number of rotatable bonds is 2. The van der Waals surface area contributed by atoms with E-state index in [0.29, 0.717) is 0 Å². The highest BCUT2D eigenvalue weighted by molar-refractivity contribution is 5.45. The second-order valence-corrected chi connectivity index (χ2v) is 4.32. The first-order valence-corrected chi connectivity index (χ1v) is 6.01. The van der Waals surface area contributed by atoms with Crippen molar-refractivity contribution in [3.8, 4) is 0 Å². The number of anilines is 1. The molecule has 0 saturated carbocycles. The molecule has 3 nitrogen and oxygen atoms in total. The van der Waals surface area contributed by atoms with Crippen molar-refractivity contribution in [1.82, 2.24) is 9.88 Å². The average molecular weight is 259 g/mol. The summed E-state index contributed by atoms with van der Waals surface area (Å²) < 4.78 is 37.1. The lowest BCUT2D eigenvalue weighted by molar-refractivity contribution is -0.141. The molecule has 100 valence electrons. The molecule has 1 saturated heterocycles. The Bertz CT molecular complexity index is 381. The molecule has 0 unspecified atom stereocenters. The monoisotopic (exact) mass is 259 g/mol. The van der Waals surface area contributed by atoms with E-state index < -0.39 is 11.9 Å². The van der Waals surface area contributed by atoms with Crippen LogP contribution in [0, 0.1) is 0 Å². The highest BCUT2D eigenvalue weighted by atomic mass is 19.4. The van der Waals surface area contributed by atoms with E-state index >= 15 is 0 Å². The fourth-order valence-corrected chi connectivity index (χ4v) is 2.06. The van der Waals surface area contributed by atoms with Crippen molar-refractivity contribution >= 4 is 5.69 Å². The number of hydrogen-bond donors (Lipinski definition) is 0. The minimum absolute atomic E-state index is 0.763. The molecule has 1 aromatic rings. The summed E-state index contributed by atoms with van der Waals surface area (Å²) in [5.41, 5.74) is -0.0720. The Balaban J connectivity index is 2.02. The molecule has 0 N–H and O–H groups in total. The minimum atomic E-state index is -4.36. The summed E-state index contributed by atoms with van der Waals surface area (Å²) in [5.74, 6) is 0. The van der Waals surface area contributed by atoms with Crippen LogP contribution in [0.2, 0.25) is 0 Å². The second kappa shape index (κ2) is 5.14. The van der Waals surface area contributed by atoms with E-state index in [4.69, 9.17) is 0 Å². The number of hydrogen-bond acceptors (Lipinski definition) is 3. The Kier molecular flexibility index (Phi) is 3.75. The number of alkyl halides is 3. The largest absolute Gasteiger partial charge is 0.433 e. The molecule has 2 heterocycles. The van der Waals surface area contributed by atoms with Gasteiger partial charge >= 0.3 is 6.18 Å². The summed E-state index contributed by atoms with van der Waals surface area (Å²) in [4.78, 5) is 7.87. The smallest absolute Gasteiger partial charge is 0.368 e. The third-order valence-electron chi connectivity index (χ3n) is 3.22. The fourth-order valence-electron chi connectivity index (χ4n) is 2.06. The van der Waals surface area contributed by atoms with Gasteiger partial charge in [0.05, 0.1) is 11.9 Å². The maximum absolute atomic E-state index is 12.4. The van der Waals surface area contributed by atoms with E-state index in [-0.39, 0.29) is 0 Å². The Morgan fingerprint density at radius 2 is 1.83 bits per heavy atom. The van der Waals surface area contributed by atoms with Crippen LogP contribution < -0.4 is 4.90 Å². The quantitative estimate of drug-likeness (QED) is 0.812. The van der Waals surface area contributed by atoms with Crippen molar-refractivity contribution in [3.63, 3.8) is 0 Å². The van der Waals surface area contributed by atoms with E-state index in [2.05, 4.69) is 21.7 Å². The van der Waals surface area contributed by atoms with Crippen LogP contribution in [0.1, 0.15) is 12.6 Å². The number of pyridine rings is 1. The van der Waals surface area contributed by atoms with Crippen LogP contribution in [0.5, 0.6) is 0 Å². The summed E-state index contributed by atoms with van der Waals surface area (Å²) in [6.07, 6.45) is -3.05. The number of halogens is 3. The van der Waals surface area contributed by atoms with Gasteiger partial charge in [-0.05, 0) is 18.7 Å². The molecule has 1 aromatic heterocycles. The zero-order valence-electron chi connectivity index (χ0n) is 10.2. The molecule has 6 heteroatoms. The topological polar surface area (TPSA) is 19.4 Å². The Morgan fingerprint density at radius 1 is 1.17 bits per heavy atom. The zero-order valence-corrected chi connectivity index (χ0v) is 10.2. The van der Waals surface area contributed by atoms with Crippen LogP contribution in [0.25, 0.3) is 0 Å². The van der Waals surface area contributed by atoms with Gasteiger partial charge in [0.25, 0.3) is 0 Å². The van der Waals surface area contributed by atoms with Gasteiger partial charge in [0.15, 0.2) is 0 Å². The number of piperazine rings is 1. The van der Waals surface area contributed by atoms with E-state index in [1.54, 1.807) is 0 Å². The van der Waals surface area contributed by atoms with Crippen LogP contribution in [0.15, 0.2) is 18.3 Å². The van der Waals surface area contributed by atoms with E-state index in [9.17, 15) is 13.2 Å². The summed E-state index contributed by atoms with van der Waals surface area (Å²) in [5, 5.41) is 0. The molecule has 0 amide bonds. The van der Waals surface area contributed by atoms with Gasteiger partial charge in [0, 0.05) is 26.2 Å².